The summed E-state index contributed by atoms with van der Waals surface area (Å²) in [5.41, 5.74) is 2.53. The van der Waals surface area contributed by atoms with Crippen molar-refractivity contribution < 1.29 is 14.4 Å². The van der Waals surface area contributed by atoms with E-state index in [9.17, 15) is 14.4 Å². The van der Waals surface area contributed by atoms with Gasteiger partial charge in [-0.3, -0.25) is 14.4 Å². The van der Waals surface area contributed by atoms with Crippen LogP contribution in [0, 0.1) is 12.8 Å². The van der Waals surface area contributed by atoms with Gasteiger partial charge in [-0.25, -0.2) is 0 Å². The SMILES string of the molecule is CCN1CC(C(=O)Nc2sc(-c3ccccc3)c(C)c2C(=O)N2CCCCC2)CC1=O. The number of hydrogen-bond acceptors (Lipinski definition) is 4. The van der Waals surface area contributed by atoms with Crippen LogP contribution in [-0.2, 0) is 9.59 Å². The molecule has 1 aromatic carbocycles. The molecule has 1 aromatic heterocycles. The first-order valence-electron chi connectivity index (χ1n) is 11.1. The van der Waals surface area contributed by atoms with Gasteiger partial charge in [-0.15, -0.1) is 11.3 Å². The molecule has 2 aliphatic rings. The molecule has 2 saturated heterocycles. The van der Waals surface area contributed by atoms with Gasteiger partial charge in [0.2, 0.25) is 11.8 Å². The van der Waals surface area contributed by atoms with Crippen LogP contribution < -0.4 is 5.32 Å². The maximum absolute atomic E-state index is 13.5. The maximum atomic E-state index is 13.5. The zero-order valence-corrected chi connectivity index (χ0v) is 19.0. The van der Waals surface area contributed by atoms with Gasteiger partial charge in [0.1, 0.15) is 5.00 Å². The van der Waals surface area contributed by atoms with Crippen LogP contribution >= 0.6 is 11.3 Å². The molecule has 4 rings (SSSR count). The van der Waals surface area contributed by atoms with Gasteiger partial charge in [0.25, 0.3) is 5.91 Å². The lowest BCUT2D eigenvalue weighted by Gasteiger charge is -2.27. The summed E-state index contributed by atoms with van der Waals surface area (Å²) in [6, 6.07) is 9.96. The fourth-order valence-corrected chi connectivity index (χ4v) is 5.65. The first kappa shape index (κ1) is 21.6. The van der Waals surface area contributed by atoms with E-state index in [0.29, 0.717) is 23.7 Å². The minimum Gasteiger partial charge on any atom is -0.342 e. The predicted octanol–water partition coefficient (Wildman–Crippen LogP) is 4.16. The summed E-state index contributed by atoms with van der Waals surface area (Å²) in [6.07, 6.45) is 3.40. The number of piperidine rings is 1. The predicted molar refractivity (Wildman–Crippen MR) is 123 cm³/mol. The van der Waals surface area contributed by atoms with Crippen LogP contribution in [-0.4, -0.2) is 53.7 Å². The van der Waals surface area contributed by atoms with Gasteiger partial charge < -0.3 is 15.1 Å². The standard InChI is InChI=1S/C24H29N3O3S/c1-3-26-15-18(14-19(26)28)22(29)25-23-20(24(30)27-12-8-5-9-13-27)16(2)21(31-23)17-10-6-4-7-11-17/h4,6-7,10-11,18H,3,5,8-9,12-15H2,1-2H3,(H,25,29). The van der Waals surface area contributed by atoms with Gasteiger partial charge in [-0.05, 0) is 44.2 Å². The molecule has 1 atom stereocenters. The zero-order valence-electron chi connectivity index (χ0n) is 18.1. The van der Waals surface area contributed by atoms with Crippen molar-refractivity contribution >= 4 is 34.1 Å². The highest BCUT2D eigenvalue weighted by Gasteiger charge is 2.35. The third kappa shape index (κ3) is 4.37. The minimum atomic E-state index is -0.382. The third-order valence-corrected chi connectivity index (χ3v) is 7.50. The van der Waals surface area contributed by atoms with E-state index in [4.69, 9.17) is 0 Å². The summed E-state index contributed by atoms with van der Waals surface area (Å²) in [7, 11) is 0. The Morgan fingerprint density at radius 1 is 1.13 bits per heavy atom. The molecule has 164 valence electrons. The van der Waals surface area contributed by atoms with Crippen molar-refractivity contribution in [2.75, 3.05) is 31.5 Å². The third-order valence-electron chi connectivity index (χ3n) is 6.24. The Morgan fingerprint density at radius 2 is 1.84 bits per heavy atom. The minimum absolute atomic E-state index is 0.0105. The van der Waals surface area contributed by atoms with Crippen LogP contribution in [0.5, 0.6) is 0 Å². The summed E-state index contributed by atoms with van der Waals surface area (Å²) in [5, 5.41) is 3.62. The molecule has 1 N–H and O–H groups in total. The topological polar surface area (TPSA) is 69.7 Å². The summed E-state index contributed by atoms with van der Waals surface area (Å²) < 4.78 is 0. The fraction of sp³-hybridized carbons (Fsp3) is 0.458. The highest BCUT2D eigenvalue weighted by molar-refractivity contribution is 7.20. The van der Waals surface area contributed by atoms with E-state index in [2.05, 4.69) is 5.32 Å². The van der Waals surface area contributed by atoms with E-state index < -0.39 is 0 Å². The Morgan fingerprint density at radius 3 is 2.48 bits per heavy atom. The number of hydrogen-bond donors (Lipinski definition) is 1. The van der Waals surface area contributed by atoms with Crippen molar-refractivity contribution in [1.29, 1.82) is 0 Å². The number of carbonyl (C=O) groups is 3. The molecule has 2 aromatic rings. The number of likely N-dealkylation sites (tertiary alicyclic amines) is 2. The number of anilines is 1. The van der Waals surface area contributed by atoms with Crippen LogP contribution in [0.3, 0.4) is 0 Å². The lowest BCUT2D eigenvalue weighted by Crippen LogP contribution is -2.36. The van der Waals surface area contributed by atoms with Crippen molar-refractivity contribution in [3.63, 3.8) is 0 Å². The van der Waals surface area contributed by atoms with E-state index in [1.807, 2.05) is 49.1 Å². The van der Waals surface area contributed by atoms with Crippen LogP contribution in [0.15, 0.2) is 30.3 Å². The van der Waals surface area contributed by atoms with Gasteiger partial charge in [0.05, 0.1) is 11.5 Å². The van der Waals surface area contributed by atoms with Gasteiger partial charge in [-0.1, -0.05) is 30.3 Å². The Labute approximate surface area is 187 Å². The van der Waals surface area contributed by atoms with E-state index in [1.165, 1.54) is 11.3 Å². The van der Waals surface area contributed by atoms with Crippen molar-refractivity contribution in [3.8, 4) is 10.4 Å². The molecular weight excluding hydrogens is 410 g/mol. The number of nitrogens with zero attached hydrogens (tertiary/aromatic N) is 2. The Kier molecular flexibility index (Phi) is 6.41. The van der Waals surface area contributed by atoms with Crippen LogP contribution in [0.1, 0.15) is 48.5 Å². The molecule has 6 nitrogen and oxygen atoms in total. The Balaban J connectivity index is 1.66. The molecule has 3 heterocycles. The summed E-state index contributed by atoms with van der Waals surface area (Å²) in [6.45, 7) is 6.44. The number of amides is 3. The second kappa shape index (κ2) is 9.22. The maximum Gasteiger partial charge on any atom is 0.257 e. The number of rotatable bonds is 5. The molecule has 0 aliphatic carbocycles. The number of thiophene rings is 1. The summed E-state index contributed by atoms with van der Waals surface area (Å²) in [4.78, 5) is 43.2. The average Bonchev–Trinajstić information content (AvgIpc) is 3.34. The number of benzene rings is 1. The van der Waals surface area contributed by atoms with Crippen molar-refractivity contribution in [1.82, 2.24) is 9.80 Å². The van der Waals surface area contributed by atoms with Gasteiger partial charge >= 0.3 is 0 Å². The Bertz CT molecular complexity index is 979. The van der Waals surface area contributed by atoms with Crippen molar-refractivity contribution in [3.05, 3.63) is 41.5 Å². The summed E-state index contributed by atoms with van der Waals surface area (Å²) in [5.74, 6) is -0.561. The largest absolute Gasteiger partial charge is 0.342 e. The monoisotopic (exact) mass is 439 g/mol. The van der Waals surface area contributed by atoms with Gasteiger partial charge in [0, 0.05) is 37.5 Å². The highest BCUT2D eigenvalue weighted by Crippen LogP contribution is 2.41. The van der Waals surface area contributed by atoms with Crippen molar-refractivity contribution in [2.45, 2.75) is 39.5 Å². The van der Waals surface area contributed by atoms with E-state index >= 15 is 0 Å². The van der Waals surface area contributed by atoms with E-state index in [-0.39, 0.29) is 30.1 Å². The molecule has 7 heteroatoms. The van der Waals surface area contributed by atoms with Crippen LogP contribution in [0.2, 0.25) is 0 Å². The quantitative estimate of drug-likeness (QED) is 0.761. The molecule has 1 unspecified atom stereocenters. The zero-order chi connectivity index (χ0) is 22.0. The van der Waals surface area contributed by atoms with Crippen LogP contribution in [0.25, 0.3) is 10.4 Å². The summed E-state index contributed by atoms with van der Waals surface area (Å²) >= 11 is 1.45. The molecule has 31 heavy (non-hydrogen) atoms. The molecule has 0 bridgehead atoms. The smallest absolute Gasteiger partial charge is 0.257 e. The first-order valence-corrected chi connectivity index (χ1v) is 11.9. The second-order valence-electron chi connectivity index (χ2n) is 8.30. The van der Waals surface area contributed by atoms with Crippen LogP contribution in [0.4, 0.5) is 5.00 Å². The average molecular weight is 440 g/mol. The number of carbonyl (C=O) groups excluding carboxylic acids is 3. The van der Waals surface area contributed by atoms with E-state index in [1.54, 1.807) is 4.90 Å². The van der Waals surface area contributed by atoms with Gasteiger partial charge in [0.15, 0.2) is 0 Å². The molecule has 0 radical (unpaired) electrons. The Hall–Kier alpha value is -2.67. The molecular formula is C24H29N3O3S. The lowest BCUT2D eigenvalue weighted by atomic mass is 10.0. The fourth-order valence-electron chi connectivity index (χ4n) is 4.45. The molecule has 2 aliphatic heterocycles. The lowest BCUT2D eigenvalue weighted by molar-refractivity contribution is -0.128. The van der Waals surface area contributed by atoms with Gasteiger partial charge in [-0.2, -0.15) is 0 Å². The number of nitrogens with one attached hydrogen (secondary N) is 1. The highest BCUT2D eigenvalue weighted by atomic mass is 32.1. The molecule has 0 saturated carbocycles. The molecule has 3 amide bonds. The first-order chi connectivity index (χ1) is 15.0. The molecule has 0 spiro atoms. The van der Waals surface area contributed by atoms with Crippen molar-refractivity contribution in [2.24, 2.45) is 5.92 Å². The molecule has 2 fully saturated rings. The van der Waals surface area contributed by atoms with E-state index in [0.717, 1.165) is 48.4 Å². The second-order valence-corrected chi connectivity index (χ2v) is 9.32. The normalized spacial score (nSPS) is 19.0.